The number of hydrogen-bond acceptors (Lipinski definition) is 0. The quantitative estimate of drug-likeness (QED) is 0.220. The molecule has 0 saturated heterocycles. The zero-order chi connectivity index (χ0) is 24.0. The third-order valence-electron chi connectivity index (χ3n) is 8.09. The van der Waals surface area contributed by atoms with Gasteiger partial charge in [-0.3, -0.25) is 0 Å². The number of fused-ring (bicyclic) bond motifs is 10. The van der Waals surface area contributed by atoms with Crippen molar-refractivity contribution in [1.82, 2.24) is 0 Å². The molecule has 0 aromatic heterocycles. The SMILES string of the molecule is Cc1cccc2c1-c1cc(C(C)(C)C)cc(C(C)(C)C)c1C21c2ccccc2-c2ccccc21. The summed E-state index contributed by atoms with van der Waals surface area (Å²) in [5.41, 5.74) is 15.5. The maximum absolute atomic E-state index is 2.52. The van der Waals surface area contributed by atoms with Crippen molar-refractivity contribution in [2.75, 3.05) is 0 Å². The van der Waals surface area contributed by atoms with E-state index in [9.17, 15) is 0 Å². The van der Waals surface area contributed by atoms with Crippen molar-refractivity contribution in [2.24, 2.45) is 0 Å². The van der Waals surface area contributed by atoms with Crippen LogP contribution in [0.2, 0.25) is 0 Å². The van der Waals surface area contributed by atoms with Crippen LogP contribution in [-0.4, -0.2) is 0 Å². The lowest BCUT2D eigenvalue weighted by Crippen LogP contribution is -2.30. The van der Waals surface area contributed by atoms with Gasteiger partial charge in [0, 0.05) is 0 Å². The molecule has 0 aliphatic heterocycles. The third-order valence-corrected chi connectivity index (χ3v) is 8.09. The van der Waals surface area contributed by atoms with Crippen molar-refractivity contribution in [2.45, 2.75) is 64.7 Å². The van der Waals surface area contributed by atoms with Crippen molar-refractivity contribution >= 4 is 0 Å². The summed E-state index contributed by atoms with van der Waals surface area (Å²) in [5.74, 6) is 0. The highest BCUT2D eigenvalue weighted by Gasteiger charge is 2.53. The lowest BCUT2D eigenvalue weighted by molar-refractivity contribution is 0.558. The molecule has 0 fully saturated rings. The molecule has 2 aliphatic carbocycles. The number of hydrogen-bond donors (Lipinski definition) is 0. The third kappa shape index (κ3) is 2.60. The maximum Gasteiger partial charge on any atom is 0.0728 e. The summed E-state index contributed by atoms with van der Waals surface area (Å²) < 4.78 is 0. The molecular weight excluding hydrogens is 408 g/mol. The van der Waals surface area contributed by atoms with Gasteiger partial charge in [-0.1, -0.05) is 120 Å². The highest BCUT2D eigenvalue weighted by atomic mass is 14.5. The van der Waals surface area contributed by atoms with Gasteiger partial charge >= 0.3 is 0 Å². The van der Waals surface area contributed by atoms with Crippen LogP contribution in [0.3, 0.4) is 0 Å². The predicted molar refractivity (Wildman–Crippen MR) is 145 cm³/mol. The van der Waals surface area contributed by atoms with Crippen molar-refractivity contribution in [3.8, 4) is 22.3 Å². The minimum absolute atomic E-state index is 0.0147. The molecule has 0 N–H and O–H groups in total. The second kappa shape index (κ2) is 6.72. The molecule has 4 aromatic rings. The fourth-order valence-corrected chi connectivity index (χ4v) is 6.53. The topological polar surface area (TPSA) is 0 Å². The van der Waals surface area contributed by atoms with Crippen LogP contribution in [0.1, 0.15) is 80.5 Å². The maximum atomic E-state index is 2.52. The van der Waals surface area contributed by atoms with E-state index in [1.807, 2.05) is 0 Å². The van der Waals surface area contributed by atoms with E-state index < -0.39 is 0 Å². The summed E-state index contributed by atoms with van der Waals surface area (Å²) in [6.07, 6.45) is 0. The molecule has 0 unspecified atom stereocenters. The van der Waals surface area contributed by atoms with Crippen molar-refractivity contribution in [3.63, 3.8) is 0 Å². The minimum Gasteiger partial charge on any atom is -0.0619 e. The Hall–Kier alpha value is -3.12. The first kappa shape index (κ1) is 21.4. The van der Waals surface area contributed by atoms with Gasteiger partial charge in [0.15, 0.2) is 0 Å². The van der Waals surface area contributed by atoms with Crippen LogP contribution in [0, 0.1) is 6.92 Å². The molecule has 6 rings (SSSR count). The number of aryl methyl sites for hydroxylation is 1. The molecule has 1 spiro atoms. The molecule has 0 heterocycles. The zero-order valence-electron chi connectivity index (χ0n) is 21.5. The van der Waals surface area contributed by atoms with Crippen LogP contribution >= 0.6 is 0 Å². The van der Waals surface area contributed by atoms with Crippen molar-refractivity contribution in [1.29, 1.82) is 0 Å². The second-order valence-corrected chi connectivity index (χ2v) is 12.3. The first-order valence-electron chi connectivity index (χ1n) is 12.6. The van der Waals surface area contributed by atoms with Gasteiger partial charge in [-0.25, -0.2) is 0 Å². The van der Waals surface area contributed by atoms with E-state index in [-0.39, 0.29) is 16.2 Å². The van der Waals surface area contributed by atoms with Crippen LogP contribution < -0.4 is 0 Å². The molecule has 0 saturated carbocycles. The van der Waals surface area contributed by atoms with Crippen LogP contribution in [0.5, 0.6) is 0 Å². The normalized spacial score (nSPS) is 15.1. The molecule has 170 valence electrons. The smallest absolute Gasteiger partial charge is 0.0619 e. The van der Waals surface area contributed by atoms with Crippen molar-refractivity contribution in [3.05, 3.63) is 118 Å². The van der Waals surface area contributed by atoms with E-state index in [0.717, 1.165) is 0 Å². The largest absolute Gasteiger partial charge is 0.0728 e. The summed E-state index contributed by atoms with van der Waals surface area (Å²) in [6, 6.07) is 30.2. The second-order valence-electron chi connectivity index (χ2n) is 12.3. The molecule has 2 aliphatic rings. The van der Waals surface area contributed by atoms with Gasteiger partial charge in [0.2, 0.25) is 0 Å². The molecule has 34 heavy (non-hydrogen) atoms. The lowest BCUT2D eigenvalue weighted by Gasteiger charge is -2.36. The first-order chi connectivity index (χ1) is 16.1. The highest BCUT2D eigenvalue weighted by Crippen LogP contribution is 2.65. The molecule has 0 amide bonds. The lowest BCUT2D eigenvalue weighted by atomic mass is 9.65. The van der Waals surface area contributed by atoms with Crippen LogP contribution in [0.15, 0.2) is 78.9 Å². The van der Waals surface area contributed by atoms with E-state index in [2.05, 4.69) is 127 Å². The first-order valence-corrected chi connectivity index (χ1v) is 12.6. The minimum atomic E-state index is -0.275. The molecule has 0 atom stereocenters. The highest BCUT2D eigenvalue weighted by molar-refractivity contribution is 5.96. The van der Waals surface area contributed by atoms with E-state index in [1.165, 1.54) is 61.2 Å². The molecule has 0 radical (unpaired) electrons. The van der Waals surface area contributed by atoms with Gasteiger partial charge in [0.25, 0.3) is 0 Å². The monoisotopic (exact) mass is 442 g/mol. The van der Waals surface area contributed by atoms with E-state index in [1.54, 1.807) is 0 Å². The molecule has 4 aromatic carbocycles. The summed E-state index contributed by atoms with van der Waals surface area (Å²) in [6.45, 7) is 16.4. The zero-order valence-corrected chi connectivity index (χ0v) is 21.5. The van der Waals surface area contributed by atoms with Gasteiger partial charge in [0.1, 0.15) is 0 Å². The van der Waals surface area contributed by atoms with Crippen LogP contribution in [-0.2, 0) is 16.2 Å². The van der Waals surface area contributed by atoms with E-state index >= 15 is 0 Å². The molecular formula is C34H34. The van der Waals surface area contributed by atoms with Crippen LogP contribution in [0.25, 0.3) is 22.3 Å². The van der Waals surface area contributed by atoms with Gasteiger partial charge in [-0.2, -0.15) is 0 Å². The predicted octanol–water partition coefficient (Wildman–Crippen LogP) is 8.93. The van der Waals surface area contributed by atoms with Gasteiger partial charge in [-0.05, 0) is 79.0 Å². The van der Waals surface area contributed by atoms with E-state index in [4.69, 9.17) is 0 Å². The molecule has 0 heteroatoms. The average molecular weight is 443 g/mol. The molecule has 0 nitrogen and oxygen atoms in total. The Kier molecular flexibility index (Phi) is 4.24. The Morgan fingerprint density at radius 3 is 1.68 bits per heavy atom. The summed E-state index contributed by atoms with van der Waals surface area (Å²) in [7, 11) is 0. The van der Waals surface area contributed by atoms with Gasteiger partial charge < -0.3 is 0 Å². The average Bonchev–Trinajstić information content (AvgIpc) is 3.25. The Bertz CT molecular complexity index is 1420. The Morgan fingerprint density at radius 2 is 1.12 bits per heavy atom. The fourth-order valence-electron chi connectivity index (χ4n) is 6.53. The Morgan fingerprint density at radius 1 is 0.559 bits per heavy atom. The van der Waals surface area contributed by atoms with Gasteiger partial charge in [0.05, 0.1) is 5.41 Å². The van der Waals surface area contributed by atoms with Crippen LogP contribution in [0.4, 0.5) is 0 Å². The fraction of sp³-hybridized carbons (Fsp3) is 0.294. The number of benzene rings is 4. The summed E-state index contributed by atoms with van der Waals surface area (Å²) in [5, 5.41) is 0. The van der Waals surface area contributed by atoms with Crippen molar-refractivity contribution < 1.29 is 0 Å². The summed E-state index contributed by atoms with van der Waals surface area (Å²) in [4.78, 5) is 0. The van der Waals surface area contributed by atoms with E-state index in [0.29, 0.717) is 0 Å². The summed E-state index contributed by atoms with van der Waals surface area (Å²) >= 11 is 0. The van der Waals surface area contributed by atoms with Gasteiger partial charge in [-0.15, -0.1) is 0 Å². The Labute approximate surface area is 204 Å². The molecule has 0 bridgehead atoms. The Balaban J connectivity index is 1.89. The standard InChI is InChI=1S/C34H34/c1-21-13-12-18-28-30(21)25-19-22(32(2,3)4)20-29(33(5,6)7)31(25)34(28)26-16-10-8-14-23(26)24-15-9-11-17-27(24)34/h8-20H,1-7H3. The number of rotatable bonds is 0.